The first-order chi connectivity index (χ1) is 7.56. The molecule has 1 rings (SSSR count). The molecular weight excluding hydrogens is 240 g/mol. The van der Waals surface area contributed by atoms with Crippen molar-refractivity contribution >= 4 is 21.6 Å². The summed E-state index contributed by atoms with van der Waals surface area (Å²) in [6.45, 7) is 4.06. The summed E-state index contributed by atoms with van der Waals surface area (Å²) in [6.07, 6.45) is 2.19. The lowest BCUT2D eigenvalue weighted by Crippen LogP contribution is -2.04. The quantitative estimate of drug-likeness (QED) is 0.734. The van der Waals surface area contributed by atoms with Crippen LogP contribution >= 0.6 is 11.8 Å². The molecule has 2 nitrogen and oxygen atoms in total. The van der Waals surface area contributed by atoms with Gasteiger partial charge in [0.15, 0.2) is 9.84 Å². The highest BCUT2D eigenvalue weighted by Crippen LogP contribution is 2.17. The van der Waals surface area contributed by atoms with E-state index < -0.39 is 9.84 Å². The van der Waals surface area contributed by atoms with Crippen molar-refractivity contribution in [1.82, 2.24) is 0 Å². The van der Waals surface area contributed by atoms with Gasteiger partial charge in [0.1, 0.15) is 5.08 Å². The molecule has 0 bridgehead atoms. The molecular formula is C12H18O2S2. The summed E-state index contributed by atoms with van der Waals surface area (Å²) in [4.78, 5) is 0.432. The lowest BCUT2D eigenvalue weighted by Gasteiger charge is -2.04. The Hall–Kier alpha value is -0.480. The Morgan fingerprint density at radius 1 is 1.19 bits per heavy atom. The molecule has 0 radical (unpaired) electrons. The van der Waals surface area contributed by atoms with Gasteiger partial charge in [-0.05, 0) is 31.2 Å². The van der Waals surface area contributed by atoms with E-state index >= 15 is 0 Å². The van der Waals surface area contributed by atoms with E-state index in [1.54, 1.807) is 12.1 Å². The van der Waals surface area contributed by atoms with Gasteiger partial charge in [-0.2, -0.15) is 0 Å². The number of unbranched alkanes of at least 4 members (excludes halogenated alkanes) is 1. The third-order valence-electron chi connectivity index (χ3n) is 2.26. The number of hydrogen-bond donors (Lipinski definition) is 0. The van der Waals surface area contributed by atoms with Gasteiger partial charge in [-0.3, -0.25) is 0 Å². The topological polar surface area (TPSA) is 34.1 Å². The zero-order chi connectivity index (χ0) is 12.0. The lowest BCUT2D eigenvalue weighted by atomic mass is 10.2. The standard InChI is InChI=1S/C12H18O2S2/c1-3-4-9-15-10-16(13,14)12-7-5-11(2)6-8-12/h5-8H,3-4,9-10H2,1-2H3. The van der Waals surface area contributed by atoms with E-state index in [9.17, 15) is 8.42 Å². The molecule has 4 heteroatoms. The van der Waals surface area contributed by atoms with Crippen LogP contribution in [-0.4, -0.2) is 19.3 Å². The molecule has 0 aliphatic rings. The maximum atomic E-state index is 11.9. The minimum Gasteiger partial charge on any atom is -0.223 e. The molecule has 0 aromatic heterocycles. The molecule has 0 heterocycles. The smallest absolute Gasteiger partial charge is 0.187 e. The van der Waals surface area contributed by atoms with Crippen molar-refractivity contribution in [3.05, 3.63) is 29.8 Å². The first-order valence-corrected chi connectivity index (χ1v) is 8.24. The first kappa shape index (κ1) is 13.6. The fraction of sp³-hybridized carbons (Fsp3) is 0.500. The van der Waals surface area contributed by atoms with Crippen LogP contribution in [0.4, 0.5) is 0 Å². The molecule has 0 saturated carbocycles. The third kappa shape index (κ3) is 4.18. The Morgan fingerprint density at radius 3 is 2.38 bits per heavy atom. The molecule has 0 spiro atoms. The van der Waals surface area contributed by atoms with Crippen LogP contribution in [0.25, 0.3) is 0 Å². The van der Waals surface area contributed by atoms with Crippen LogP contribution in [0, 0.1) is 6.92 Å². The van der Waals surface area contributed by atoms with Crippen LogP contribution < -0.4 is 0 Å². The number of thioether (sulfide) groups is 1. The van der Waals surface area contributed by atoms with E-state index in [1.807, 2.05) is 19.1 Å². The second-order valence-corrected chi connectivity index (χ2v) is 7.27. The van der Waals surface area contributed by atoms with E-state index in [4.69, 9.17) is 0 Å². The fourth-order valence-electron chi connectivity index (χ4n) is 1.23. The van der Waals surface area contributed by atoms with Crippen molar-refractivity contribution in [3.8, 4) is 0 Å². The monoisotopic (exact) mass is 258 g/mol. The number of aryl methyl sites for hydroxylation is 1. The second-order valence-electron chi connectivity index (χ2n) is 3.81. The van der Waals surface area contributed by atoms with E-state index in [1.165, 1.54) is 11.8 Å². The van der Waals surface area contributed by atoms with E-state index in [0.29, 0.717) is 4.90 Å². The van der Waals surface area contributed by atoms with E-state index in [-0.39, 0.29) is 5.08 Å². The zero-order valence-electron chi connectivity index (χ0n) is 9.77. The molecule has 0 saturated heterocycles. The van der Waals surface area contributed by atoms with Crippen LogP contribution in [0.1, 0.15) is 25.3 Å². The van der Waals surface area contributed by atoms with Crippen molar-refractivity contribution in [2.75, 3.05) is 10.8 Å². The molecule has 0 aliphatic carbocycles. The Bertz CT molecular complexity index is 407. The summed E-state index contributed by atoms with van der Waals surface area (Å²) in [5.41, 5.74) is 1.08. The van der Waals surface area contributed by atoms with Gasteiger partial charge < -0.3 is 0 Å². The predicted molar refractivity (Wildman–Crippen MR) is 70.6 cm³/mol. The molecule has 1 aromatic carbocycles. The van der Waals surface area contributed by atoms with Gasteiger partial charge in [-0.1, -0.05) is 31.0 Å². The van der Waals surface area contributed by atoms with Gasteiger partial charge in [-0.15, -0.1) is 11.8 Å². The molecule has 0 amide bonds. The van der Waals surface area contributed by atoms with E-state index in [2.05, 4.69) is 6.92 Å². The van der Waals surface area contributed by atoms with Crippen molar-refractivity contribution < 1.29 is 8.42 Å². The summed E-state index contributed by atoms with van der Waals surface area (Å²) in [7, 11) is -3.09. The minimum absolute atomic E-state index is 0.191. The Labute approximate surface area is 102 Å². The van der Waals surface area contributed by atoms with Gasteiger partial charge in [0.2, 0.25) is 0 Å². The second kappa shape index (κ2) is 6.30. The Balaban J connectivity index is 2.60. The van der Waals surface area contributed by atoms with Gasteiger partial charge >= 0.3 is 0 Å². The summed E-state index contributed by atoms with van der Waals surface area (Å²) in [5, 5.41) is 0.191. The van der Waals surface area contributed by atoms with Crippen molar-refractivity contribution in [2.45, 2.75) is 31.6 Å². The molecule has 0 unspecified atom stereocenters. The molecule has 90 valence electrons. The maximum absolute atomic E-state index is 11.9. The van der Waals surface area contributed by atoms with Crippen LogP contribution in [0.2, 0.25) is 0 Å². The average molecular weight is 258 g/mol. The summed E-state index contributed by atoms with van der Waals surface area (Å²) >= 11 is 1.50. The van der Waals surface area contributed by atoms with Crippen LogP contribution in [-0.2, 0) is 9.84 Å². The van der Waals surface area contributed by atoms with Crippen LogP contribution in [0.15, 0.2) is 29.2 Å². The number of rotatable bonds is 6. The van der Waals surface area contributed by atoms with Crippen molar-refractivity contribution in [2.24, 2.45) is 0 Å². The van der Waals surface area contributed by atoms with Crippen molar-refractivity contribution in [1.29, 1.82) is 0 Å². The number of sulfone groups is 1. The molecule has 16 heavy (non-hydrogen) atoms. The summed E-state index contributed by atoms with van der Waals surface area (Å²) in [6, 6.07) is 7.04. The largest absolute Gasteiger partial charge is 0.223 e. The van der Waals surface area contributed by atoms with Gasteiger partial charge in [0.05, 0.1) is 4.90 Å². The SMILES string of the molecule is CCCCSCS(=O)(=O)c1ccc(C)cc1. The van der Waals surface area contributed by atoms with Crippen molar-refractivity contribution in [3.63, 3.8) is 0 Å². The number of benzene rings is 1. The van der Waals surface area contributed by atoms with Gasteiger partial charge in [0.25, 0.3) is 0 Å². The first-order valence-electron chi connectivity index (χ1n) is 5.43. The minimum atomic E-state index is -3.09. The maximum Gasteiger partial charge on any atom is 0.187 e. The van der Waals surface area contributed by atoms with Crippen LogP contribution in [0.3, 0.4) is 0 Å². The highest BCUT2D eigenvalue weighted by atomic mass is 32.3. The Morgan fingerprint density at radius 2 is 1.81 bits per heavy atom. The third-order valence-corrected chi connectivity index (χ3v) is 5.74. The molecule has 0 fully saturated rings. The Kier molecular flexibility index (Phi) is 5.35. The summed E-state index contributed by atoms with van der Waals surface area (Å²) in [5.74, 6) is 0.918. The van der Waals surface area contributed by atoms with Gasteiger partial charge in [0, 0.05) is 0 Å². The molecule has 0 atom stereocenters. The highest BCUT2D eigenvalue weighted by molar-refractivity contribution is 8.12. The van der Waals surface area contributed by atoms with Crippen LogP contribution in [0.5, 0.6) is 0 Å². The normalized spacial score (nSPS) is 11.6. The number of hydrogen-bond acceptors (Lipinski definition) is 3. The predicted octanol–water partition coefficient (Wildman–Crippen LogP) is 3.26. The zero-order valence-corrected chi connectivity index (χ0v) is 11.4. The van der Waals surface area contributed by atoms with Gasteiger partial charge in [-0.25, -0.2) is 8.42 Å². The average Bonchev–Trinajstić information content (AvgIpc) is 2.25. The van der Waals surface area contributed by atoms with E-state index in [0.717, 1.165) is 24.2 Å². The lowest BCUT2D eigenvalue weighted by molar-refractivity contribution is 0.601. The summed E-state index contributed by atoms with van der Waals surface area (Å²) < 4.78 is 23.8. The fourth-order valence-corrected chi connectivity index (χ4v) is 4.17. The highest BCUT2D eigenvalue weighted by Gasteiger charge is 2.13. The molecule has 1 aromatic rings. The molecule has 0 N–H and O–H groups in total. The molecule has 0 aliphatic heterocycles.